The van der Waals surface area contributed by atoms with Gasteiger partial charge in [-0.15, -0.1) is 6.58 Å². The zero-order valence-corrected chi connectivity index (χ0v) is 6.33. The fourth-order valence-corrected chi connectivity index (χ4v) is 0.933. The molecule has 0 radical (unpaired) electrons. The Morgan fingerprint density at radius 1 is 1.80 bits per heavy atom. The smallest absolute Gasteiger partial charge is 0.197 e. The van der Waals surface area contributed by atoms with Crippen LogP contribution < -0.4 is 0 Å². The second kappa shape index (κ2) is 3.42. The van der Waals surface area contributed by atoms with E-state index in [4.69, 9.17) is 11.6 Å². The average molecular weight is 157 g/mol. The fraction of sp³-hybridized carbons (Fsp3) is 0.286. The van der Waals surface area contributed by atoms with Gasteiger partial charge in [-0.1, -0.05) is 17.7 Å². The number of aliphatic imine (C=N–C) groups is 1. The number of allylic oxidation sites excluding steroid dienone is 1. The van der Waals surface area contributed by atoms with E-state index in [1.54, 1.807) is 12.3 Å². The number of hydrogen-bond acceptors (Lipinski definition) is 2. The van der Waals surface area contributed by atoms with E-state index in [2.05, 4.69) is 11.6 Å². The van der Waals surface area contributed by atoms with Crippen molar-refractivity contribution in [2.24, 2.45) is 4.99 Å². The summed E-state index contributed by atoms with van der Waals surface area (Å²) >= 11 is 5.79. The summed E-state index contributed by atoms with van der Waals surface area (Å²) in [5.41, 5.74) is -0.261. The molecular weight excluding hydrogens is 148 g/mol. The molecule has 1 rings (SSSR count). The summed E-state index contributed by atoms with van der Waals surface area (Å²) in [7, 11) is 0. The lowest BCUT2D eigenvalue weighted by atomic mass is 10.5. The zero-order valence-electron chi connectivity index (χ0n) is 5.57. The van der Waals surface area contributed by atoms with Gasteiger partial charge in [-0.2, -0.15) is 0 Å². The second-order valence-electron chi connectivity index (χ2n) is 1.94. The van der Waals surface area contributed by atoms with E-state index in [-0.39, 0.29) is 5.62 Å². The quantitative estimate of drug-likeness (QED) is 0.337. The highest BCUT2D eigenvalue weighted by Gasteiger charge is 2.08. The summed E-state index contributed by atoms with van der Waals surface area (Å²) in [4.78, 5) is 5.85. The van der Waals surface area contributed by atoms with Gasteiger partial charge in [-0.05, 0) is 6.08 Å². The van der Waals surface area contributed by atoms with Gasteiger partial charge in [0.2, 0.25) is 0 Å². The molecule has 0 aromatic rings. The molecule has 54 valence electrons. The molecule has 3 heteroatoms. The molecule has 0 spiro atoms. The minimum atomic E-state index is -0.261. The summed E-state index contributed by atoms with van der Waals surface area (Å²) in [6.45, 7) is 4.34. The minimum absolute atomic E-state index is 0.261. The van der Waals surface area contributed by atoms with Crippen LogP contribution in [0.1, 0.15) is 0 Å². The van der Waals surface area contributed by atoms with Gasteiger partial charge >= 0.3 is 0 Å². The normalized spacial score (nSPS) is 23.3. The van der Waals surface area contributed by atoms with Gasteiger partial charge in [0.15, 0.2) is 5.62 Å². The molecule has 0 aromatic carbocycles. The Morgan fingerprint density at radius 2 is 2.60 bits per heavy atom. The predicted molar refractivity (Wildman–Crippen MR) is 44.2 cm³/mol. The van der Waals surface area contributed by atoms with Crippen molar-refractivity contribution in [1.29, 1.82) is 0 Å². The first-order valence-electron chi connectivity index (χ1n) is 3.05. The highest BCUT2D eigenvalue weighted by atomic mass is 35.5. The summed E-state index contributed by atoms with van der Waals surface area (Å²) in [6.07, 6.45) is 7.23. The molecule has 0 aliphatic carbocycles. The number of halogens is 1. The van der Waals surface area contributed by atoms with Crippen molar-refractivity contribution in [2.45, 2.75) is 5.62 Å². The molecule has 1 aliphatic heterocycles. The van der Waals surface area contributed by atoms with Gasteiger partial charge in [-0.25, -0.2) is 0 Å². The third kappa shape index (κ3) is 1.61. The lowest BCUT2D eigenvalue weighted by molar-refractivity contribution is 0.390. The number of alkyl halides is 1. The van der Waals surface area contributed by atoms with Crippen molar-refractivity contribution in [3.8, 4) is 0 Å². The molecule has 0 fully saturated rings. The molecule has 0 aromatic heterocycles. The van der Waals surface area contributed by atoms with Crippen molar-refractivity contribution in [3.05, 3.63) is 24.9 Å². The van der Waals surface area contributed by atoms with E-state index in [0.29, 0.717) is 0 Å². The van der Waals surface area contributed by atoms with Crippen LogP contribution in [0.5, 0.6) is 0 Å². The third-order valence-electron chi connectivity index (χ3n) is 1.19. The Balaban J connectivity index is 2.52. The molecule has 10 heavy (non-hydrogen) atoms. The van der Waals surface area contributed by atoms with Gasteiger partial charge in [0.05, 0.1) is 0 Å². The molecule has 0 N–H and O–H groups in total. The molecule has 0 saturated carbocycles. The standard InChI is InChI=1S/C7H9ClN2/c1-2-5-10-6-3-4-9-7(10)8/h2-4,6-7H,1,5H2. The largest absolute Gasteiger partial charge is 0.340 e. The van der Waals surface area contributed by atoms with Crippen LogP contribution in [0.3, 0.4) is 0 Å². The van der Waals surface area contributed by atoms with Crippen LogP contribution >= 0.6 is 11.6 Å². The van der Waals surface area contributed by atoms with E-state index in [9.17, 15) is 0 Å². The summed E-state index contributed by atoms with van der Waals surface area (Å²) in [6, 6.07) is 0. The number of rotatable bonds is 2. The minimum Gasteiger partial charge on any atom is -0.340 e. The van der Waals surface area contributed by atoms with Gasteiger partial charge in [0, 0.05) is 19.0 Å². The van der Waals surface area contributed by atoms with Crippen LogP contribution in [-0.2, 0) is 0 Å². The van der Waals surface area contributed by atoms with Crippen molar-refractivity contribution in [2.75, 3.05) is 6.54 Å². The van der Waals surface area contributed by atoms with Crippen molar-refractivity contribution in [3.63, 3.8) is 0 Å². The summed E-state index contributed by atoms with van der Waals surface area (Å²) in [5.74, 6) is 0. The van der Waals surface area contributed by atoms with Gasteiger partial charge < -0.3 is 4.90 Å². The Bertz CT molecular complexity index is 174. The van der Waals surface area contributed by atoms with Crippen LogP contribution in [-0.4, -0.2) is 23.3 Å². The van der Waals surface area contributed by atoms with E-state index in [1.165, 1.54) is 0 Å². The van der Waals surface area contributed by atoms with E-state index >= 15 is 0 Å². The van der Waals surface area contributed by atoms with Crippen LogP contribution in [0, 0.1) is 0 Å². The SMILES string of the molecule is C=CCN1C=CC=NC1Cl. The van der Waals surface area contributed by atoms with Gasteiger partial charge in [-0.3, -0.25) is 4.99 Å². The van der Waals surface area contributed by atoms with Crippen LogP contribution in [0.4, 0.5) is 0 Å². The topological polar surface area (TPSA) is 15.6 Å². The maximum absolute atomic E-state index is 5.79. The van der Waals surface area contributed by atoms with Gasteiger partial charge in [0.25, 0.3) is 0 Å². The Hall–Kier alpha value is -0.760. The second-order valence-corrected chi connectivity index (χ2v) is 2.33. The Kier molecular flexibility index (Phi) is 2.51. The number of hydrogen-bond donors (Lipinski definition) is 0. The average Bonchev–Trinajstić information content (AvgIpc) is 1.94. The highest BCUT2D eigenvalue weighted by molar-refractivity contribution is 6.20. The summed E-state index contributed by atoms with van der Waals surface area (Å²) < 4.78 is 0. The first kappa shape index (κ1) is 7.35. The van der Waals surface area contributed by atoms with Crippen LogP contribution in [0.15, 0.2) is 29.9 Å². The Labute approximate surface area is 65.5 Å². The van der Waals surface area contributed by atoms with Gasteiger partial charge in [0.1, 0.15) is 0 Å². The third-order valence-corrected chi connectivity index (χ3v) is 1.55. The first-order chi connectivity index (χ1) is 4.84. The Morgan fingerprint density at radius 3 is 3.20 bits per heavy atom. The lowest BCUT2D eigenvalue weighted by Crippen LogP contribution is -2.26. The molecular formula is C7H9ClN2. The molecule has 0 bridgehead atoms. The first-order valence-corrected chi connectivity index (χ1v) is 3.49. The molecule has 1 heterocycles. The van der Waals surface area contributed by atoms with E-state index in [0.717, 1.165) is 6.54 Å². The van der Waals surface area contributed by atoms with E-state index < -0.39 is 0 Å². The zero-order chi connectivity index (χ0) is 7.40. The fourth-order valence-electron chi connectivity index (χ4n) is 0.723. The predicted octanol–water partition coefficient (Wildman–Crippen LogP) is 1.59. The van der Waals surface area contributed by atoms with Crippen molar-refractivity contribution >= 4 is 17.8 Å². The van der Waals surface area contributed by atoms with E-state index in [1.807, 2.05) is 17.2 Å². The maximum atomic E-state index is 5.79. The molecule has 0 amide bonds. The van der Waals surface area contributed by atoms with Crippen molar-refractivity contribution in [1.82, 2.24) is 4.90 Å². The monoisotopic (exact) mass is 156 g/mol. The molecule has 1 aliphatic rings. The molecule has 0 saturated heterocycles. The maximum Gasteiger partial charge on any atom is 0.197 e. The van der Waals surface area contributed by atoms with Crippen LogP contribution in [0.2, 0.25) is 0 Å². The molecule has 1 atom stereocenters. The highest BCUT2D eigenvalue weighted by Crippen LogP contribution is 2.09. The lowest BCUT2D eigenvalue weighted by Gasteiger charge is -2.22. The molecule has 2 nitrogen and oxygen atoms in total. The number of nitrogens with zero attached hydrogens (tertiary/aromatic N) is 2. The van der Waals surface area contributed by atoms with Crippen LogP contribution in [0.25, 0.3) is 0 Å². The van der Waals surface area contributed by atoms with Crippen molar-refractivity contribution < 1.29 is 0 Å². The molecule has 1 unspecified atom stereocenters. The summed E-state index contributed by atoms with van der Waals surface area (Å²) in [5, 5.41) is 0.